The summed E-state index contributed by atoms with van der Waals surface area (Å²) in [4.78, 5) is 34.1. The monoisotopic (exact) mass is 294 g/mol. The van der Waals surface area contributed by atoms with Gasteiger partial charge in [0.05, 0.1) is 4.92 Å². The third kappa shape index (κ3) is 3.18. The van der Waals surface area contributed by atoms with Crippen molar-refractivity contribution in [1.82, 2.24) is 5.32 Å². The van der Waals surface area contributed by atoms with E-state index in [0.717, 1.165) is 0 Å². The van der Waals surface area contributed by atoms with Crippen LogP contribution in [0.4, 0.5) is 5.69 Å². The number of nitro groups is 1. The van der Waals surface area contributed by atoms with Crippen molar-refractivity contribution in [3.8, 4) is 0 Å². The molecule has 0 aliphatic rings. The SMILES string of the molecule is CCC(CC)(NC(=O)c1cccc(C)c1[N+](=O)[O-])C(=O)O. The smallest absolute Gasteiger partial charge is 0.329 e. The Morgan fingerprint density at radius 3 is 2.33 bits per heavy atom. The van der Waals surface area contributed by atoms with Crippen molar-refractivity contribution in [2.24, 2.45) is 0 Å². The van der Waals surface area contributed by atoms with Crippen LogP contribution < -0.4 is 5.32 Å². The first-order valence-electron chi connectivity index (χ1n) is 6.59. The van der Waals surface area contributed by atoms with Crippen molar-refractivity contribution in [3.05, 3.63) is 39.4 Å². The molecule has 21 heavy (non-hydrogen) atoms. The Morgan fingerprint density at radius 2 is 1.90 bits per heavy atom. The summed E-state index contributed by atoms with van der Waals surface area (Å²) < 4.78 is 0. The Balaban J connectivity index is 3.24. The maximum Gasteiger partial charge on any atom is 0.329 e. The van der Waals surface area contributed by atoms with Crippen molar-refractivity contribution in [2.45, 2.75) is 39.2 Å². The Labute approximate surface area is 122 Å². The molecule has 0 saturated heterocycles. The van der Waals surface area contributed by atoms with Crippen molar-refractivity contribution in [2.75, 3.05) is 0 Å². The van der Waals surface area contributed by atoms with Crippen LogP contribution in [-0.4, -0.2) is 27.4 Å². The van der Waals surface area contributed by atoms with Gasteiger partial charge in [-0.05, 0) is 25.8 Å². The fourth-order valence-corrected chi connectivity index (χ4v) is 2.15. The molecule has 1 aromatic carbocycles. The molecule has 1 aromatic rings. The maximum absolute atomic E-state index is 12.3. The average molecular weight is 294 g/mol. The van der Waals surface area contributed by atoms with E-state index in [1.807, 2.05) is 0 Å². The number of rotatable bonds is 6. The number of carboxylic acids is 1. The average Bonchev–Trinajstić information content (AvgIpc) is 2.43. The van der Waals surface area contributed by atoms with Gasteiger partial charge in [0.2, 0.25) is 0 Å². The summed E-state index contributed by atoms with van der Waals surface area (Å²) in [7, 11) is 0. The molecule has 0 bridgehead atoms. The van der Waals surface area contributed by atoms with Crippen molar-refractivity contribution < 1.29 is 19.6 Å². The highest BCUT2D eigenvalue weighted by Crippen LogP contribution is 2.24. The number of carbonyl (C=O) groups is 2. The van der Waals surface area contributed by atoms with E-state index >= 15 is 0 Å². The molecule has 0 aromatic heterocycles. The molecule has 0 radical (unpaired) electrons. The molecule has 0 aliphatic carbocycles. The van der Waals surface area contributed by atoms with E-state index in [-0.39, 0.29) is 24.1 Å². The molecule has 2 N–H and O–H groups in total. The summed E-state index contributed by atoms with van der Waals surface area (Å²) in [6.07, 6.45) is 0.369. The Morgan fingerprint density at radius 1 is 1.33 bits per heavy atom. The molecule has 0 heterocycles. The molecule has 0 atom stereocenters. The van der Waals surface area contributed by atoms with Crippen LogP contribution in [0.1, 0.15) is 42.6 Å². The highest BCUT2D eigenvalue weighted by molar-refractivity contribution is 6.01. The van der Waals surface area contributed by atoms with Crippen LogP contribution in [0, 0.1) is 17.0 Å². The molecule has 0 unspecified atom stereocenters. The number of carbonyl (C=O) groups excluding carboxylic acids is 1. The Kier molecular flexibility index (Phi) is 5.02. The second-order valence-corrected chi connectivity index (χ2v) is 4.78. The summed E-state index contributed by atoms with van der Waals surface area (Å²) in [5.41, 5.74) is -1.51. The number of aliphatic carboxylic acids is 1. The summed E-state index contributed by atoms with van der Waals surface area (Å²) in [5.74, 6) is -1.91. The van der Waals surface area contributed by atoms with Gasteiger partial charge >= 0.3 is 5.97 Å². The number of benzene rings is 1. The fourth-order valence-electron chi connectivity index (χ4n) is 2.15. The molecule has 1 amide bonds. The van der Waals surface area contributed by atoms with Crippen LogP contribution in [-0.2, 0) is 4.79 Å². The first-order chi connectivity index (χ1) is 9.79. The summed E-state index contributed by atoms with van der Waals surface area (Å²) >= 11 is 0. The Bertz CT molecular complexity index is 579. The van der Waals surface area contributed by atoms with E-state index in [0.29, 0.717) is 5.56 Å². The van der Waals surface area contributed by atoms with Gasteiger partial charge in [0.25, 0.3) is 11.6 Å². The Hall–Kier alpha value is -2.44. The number of aryl methyl sites for hydroxylation is 1. The van der Waals surface area contributed by atoms with Gasteiger partial charge in [-0.3, -0.25) is 14.9 Å². The van der Waals surface area contributed by atoms with Gasteiger partial charge in [-0.25, -0.2) is 4.79 Å². The van der Waals surface area contributed by atoms with E-state index in [9.17, 15) is 24.8 Å². The third-order valence-corrected chi connectivity index (χ3v) is 3.63. The molecular weight excluding hydrogens is 276 g/mol. The summed E-state index contributed by atoms with van der Waals surface area (Å²) in [6.45, 7) is 4.81. The van der Waals surface area contributed by atoms with Crippen LogP contribution in [0.25, 0.3) is 0 Å². The summed E-state index contributed by atoms with van der Waals surface area (Å²) in [5, 5.41) is 22.8. The zero-order chi connectivity index (χ0) is 16.2. The molecule has 0 spiro atoms. The molecule has 0 fully saturated rings. The second-order valence-electron chi connectivity index (χ2n) is 4.78. The third-order valence-electron chi connectivity index (χ3n) is 3.63. The summed E-state index contributed by atoms with van der Waals surface area (Å²) in [6, 6.07) is 4.37. The number of hydrogen-bond acceptors (Lipinski definition) is 4. The number of amides is 1. The molecule has 1 rings (SSSR count). The molecule has 114 valence electrons. The quantitative estimate of drug-likeness (QED) is 0.617. The topological polar surface area (TPSA) is 110 Å². The van der Waals surface area contributed by atoms with Crippen LogP contribution in [0.2, 0.25) is 0 Å². The molecule has 7 nitrogen and oxygen atoms in total. The molecule has 0 saturated carbocycles. The van der Waals surface area contributed by atoms with Crippen LogP contribution in [0.5, 0.6) is 0 Å². The second kappa shape index (κ2) is 6.34. The minimum absolute atomic E-state index is 0.132. The molecule has 0 aliphatic heterocycles. The predicted molar refractivity (Wildman–Crippen MR) is 76.2 cm³/mol. The lowest BCUT2D eigenvalue weighted by Crippen LogP contribution is -2.53. The number of hydrogen-bond donors (Lipinski definition) is 2. The van der Waals surface area contributed by atoms with Crippen molar-refractivity contribution in [1.29, 1.82) is 0 Å². The van der Waals surface area contributed by atoms with Gasteiger partial charge in [0.15, 0.2) is 0 Å². The molecular formula is C14H18N2O5. The fraction of sp³-hybridized carbons (Fsp3) is 0.429. The first kappa shape index (κ1) is 16.6. The van der Waals surface area contributed by atoms with Gasteiger partial charge in [0.1, 0.15) is 11.1 Å². The minimum atomic E-state index is -1.42. The van der Waals surface area contributed by atoms with E-state index in [1.54, 1.807) is 13.8 Å². The van der Waals surface area contributed by atoms with Crippen molar-refractivity contribution in [3.63, 3.8) is 0 Å². The zero-order valence-corrected chi connectivity index (χ0v) is 12.2. The predicted octanol–water partition coefficient (Wildman–Crippen LogP) is 2.28. The van der Waals surface area contributed by atoms with E-state index in [4.69, 9.17) is 0 Å². The van der Waals surface area contributed by atoms with Gasteiger partial charge in [-0.15, -0.1) is 0 Å². The lowest BCUT2D eigenvalue weighted by atomic mass is 9.92. The van der Waals surface area contributed by atoms with Gasteiger partial charge < -0.3 is 10.4 Å². The van der Waals surface area contributed by atoms with E-state index in [1.165, 1.54) is 25.1 Å². The van der Waals surface area contributed by atoms with Crippen LogP contribution in [0.3, 0.4) is 0 Å². The standard InChI is InChI=1S/C14H18N2O5/c1-4-14(5-2,13(18)19)15-12(17)10-8-6-7-9(3)11(10)16(20)21/h6-8H,4-5H2,1-3H3,(H,15,17)(H,18,19). The highest BCUT2D eigenvalue weighted by Gasteiger charge is 2.38. The maximum atomic E-state index is 12.3. The minimum Gasteiger partial charge on any atom is -0.480 e. The van der Waals surface area contributed by atoms with E-state index in [2.05, 4.69) is 5.32 Å². The van der Waals surface area contributed by atoms with E-state index < -0.39 is 22.3 Å². The normalized spacial score (nSPS) is 11.0. The number of nitrogens with one attached hydrogen (secondary N) is 1. The molecule has 7 heteroatoms. The lowest BCUT2D eigenvalue weighted by molar-refractivity contribution is -0.385. The largest absolute Gasteiger partial charge is 0.480 e. The first-order valence-corrected chi connectivity index (χ1v) is 6.59. The number of nitrogens with zero attached hydrogens (tertiary/aromatic N) is 1. The van der Waals surface area contributed by atoms with Gasteiger partial charge in [0, 0.05) is 5.56 Å². The number of carboxylic acid groups (broad SMARTS) is 1. The number of nitro benzene ring substituents is 1. The van der Waals surface area contributed by atoms with Gasteiger partial charge in [-0.2, -0.15) is 0 Å². The number of para-hydroxylation sites is 1. The van der Waals surface area contributed by atoms with Crippen molar-refractivity contribution >= 4 is 17.6 Å². The zero-order valence-electron chi connectivity index (χ0n) is 12.2. The van der Waals surface area contributed by atoms with Gasteiger partial charge in [-0.1, -0.05) is 26.0 Å². The highest BCUT2D eigenvalue weighted by atomic mass is 16.6. The van der Waals surface area contributed by atoms with Crippen LogP contribution >= 0.6 is 0 Å². The lowest BCUT2D eigenvalue weighted by Gasteiger charge is -2.28. The van der Waals surface area contributed by atoms with Crippen LogP contribution in [0.15, 0.2) is 18.2 Å².